The van der Waals surface area contributed by atoms with Crippen LogP contribution < -0.4 is 0 Å². The maximum Gasteiger partial charge on any atom is 0.390 e. The number of carbonyl (C=O) groups is 1. The molecule has 0 spiro atoms. The summed E-state index contributed by atoms with van der Waals surface area (Å²) in [5.74, 6) is 0.261. The van der Waals surface area contributed by atoms with Crippen LogP contribution in [0.5, 0.6) is 0 Å². The van der Waals surface area contributed by atoms with Crippen molar-refractivity contribution in [2.75, 3.05) is 13.2 Å². The van der Waals surface area contributed by atoms with E-state index in [1.54, 1.807) is 6.20 Å². The van der Waals surface area contributed by atoms with E-state index in [0.717, 1.165) is 32.1 Å². The van der Waals surface area contributed by atoms with Gasteiger partial charge in [-0.05, 0) is 12.8 Å². The third-order valence-corrected chi connectivity index (χ3v) is 4.70. The fourth-order valence-corrected chi connectivity index (χ4v) is 3.43. The molecule has 24 heavy (non-hydrogen) atoms. The third kappa shape index (κ3) is 4.09. The van der Waals surface area contributed by atoms with E-state index in [2.05, 4.69) is 4.98 Å². The lowest BCUT2D eigenvalue weighted by molar-refractivity contribution is -0.137. The van der Waals surface area contributed by atoms with Crippen LogP contribution in [0.2, 0.25) is 0 Å². The van der Waals surface area contributed by atoms with Crippen molar-refractivity contribution in [3.05, 3.63) is 17.7 Å². The summed E-state index contributed by atoms with van der Waals surface area (Å²) in [4.78, 5) is 18.5. The highest BCUT2D eigenvalue weighted by atomic mass is 19.4. The minimum atomic E-state index is -4.27. The van der Waals surface area contributed by atoms with Gasteiger partial charge in [0, 0.05) is 25.3 Å². The van der Waals surface area contributed by atoms with E-state index < -0.39 is 18.5 Å². The van der Waals surface area contributed by atoms with Gasteiger partial charge in [0.15, 0.2) is 0 Å². The SMILES string of the molecule is O=C(c1cn2c(n1)COCC2)N(CCC(F)(F)F)C1CCCCC1. The molecule has 0 saturated heterocycles. The molecule has 0 bridgehead atoms. The number of fused-ring (bicyclic) bond motifs is 1. The fraction of sp³-hybridized carbons (Fsp3) is 0.750. The zero-order valence-electron chi connectivity index (χ0n) is 13.5. The average molecular weight is 345 g/mol. The van der Waals surface area contributed by atoms with Crippen molar-refractivity contribution >= 4 is 5.91 Å². The Bertz CT molecular complexity index is 556. The molecule has 1 aromatic rings. The molecule has 0 radical (unpaired) electrons. The number of rotatable bonds is 4. The highest BCUT2D eigenvalue weighted by Gasteiger charge is 2.33. The van der Waals surface area contributed by atoms with E-state index in [-0.39, 0.29) is 18.3 Å². The van der Waals surface area contributed by atoms with Gasteiger partial charge in [0.25, 0.3) is 5.91 Å². The molecule has 134 valence electrons. The third-order valence-electron chi connectivity index (χ3n) is 4.70. The van der Waals surface area contributed by atoms with Crippen LogP contribution in [0.3, 0.4) is 0 Å². The smallest absolute Gasteiger partial charge is 0.372 e. The number of imidazole rings is 1. The van der Waals surface area contributed by atoms with Crippen molar-refractivity contribution in [2.24, 2.45) is 0 Å². The lowest BCUT2D eigenvalue weighted by Gasteiger charge is -2.34. The van der Waals surface area contributed by atoms with Crippen molar-refractivity contribution in [1.82, 2.24) is 14.5 Å². The molecule has 1 aliphatic heterocycles. The van der Waals surface area contributed by atoms with Crippen LogP contribution in [0.25, 0.3) is 0 Å². The Morgan fingerprint density at radius 2 is 2.08 bits per heavy atom. The summed E-state index contributed by atoms with van der Waals surface area (Å²) in [6.07, 6.45) is 0.903. The predicted octanol–water partition coefficient (Wildman–Crippen LogP) is 3.14. The highest BCUT2D eigenvalue weighted by molar-refractivity contribution is 5.92. The van der Waals surface area contributed by atoms with Gasteiger partial charge >= 0.3 is 6.18 Å². The molecule has 2 heterocycles. The van der Waals surface area contributed by atoms with Gasteiger partial charge in [-0.1, -0.05) is 19.3 Å². The zero-order valence-corrected chi connectivity index (χ0v) is 13.5. The predicted molar refractivity (Wildman–Crippen MR) is 80.5 cm³/mol. The fourth-order valence-electron chi connectivity index (χ4n) is 3.43. The van der Waals surface area contributed by atoms with Gasteiger partial charge in [-0.3, -0.25) is 4.79 Å². The molecule has 0 aromatic carbocycles. The van der Waals surface area contributed by atoms with Crippen molar-refractivity contribution in [3.8, 4) is 0 Å². The molecule has 1 aliphatic carbocycles. The summed E-state index contributed by atoms with van der Waals surface area (Å²) in [5.41, 5.74) is 0.225. The maximum atomic E-state index is 12.8. The van der Waals surface area contributed by atoms with Gasteiger partial charge in [0.1, 0.15) is 18.1 Å². The number of aromatic nitrogens is 2. The Kier molecular flexibility index (Phi) is 5.12. The van der Waals surface area contributed by atoms with Crippen LogP contribution in [0.4, 0.5) is 13.2 Å². The molecule has 1 amide bonds. The van der Waals surface area contributed by atoms with Crippen LogP contribution in [0.1, 0.15) is 54.8 Å². The molecule has 5 nitrogen and oxygen atoms in total. The summed E-state index contributed by atoms with van der Waals surface area (Å²) in [5, 5.41) is 0. The second-order valence-electron chi connectivity index (χ2n) is 6.44. The first-order valence-corrected chi connectivity index (χ1v) is 8.45. The lowest BCUT2D eigenvalue weighted by Crippen LogP contribution is -2.43. The molecular weight excluding hydrogens is 323 g/mol. The molecule has 0 atom stereocenters. The molecule has 8 heteroatoms. The van der Waals surface area contributed by atoms with Crippen LogP contribution in [-0.2, 0) is 17.9 Å². The number of hydrogen-bond acceptors (Lipinski definition) is 3. The number of amides is 1. The number of alkyl halides is 3. The molecule has 0 N–H and O–H groups in total. The van der Waals surface area contributed by atoms with Gasteiger partial charge in [0.2, 0.25) is 0 Å². The molecule has 2 aliphatic rings. The Morgan fingerprint density at radius 3 is 2.75 bits per heavy atom. The van der Waals surface area contributed by atoms with Crippen LogP contribution in [0, 0.1) is 0 Å². The highest BCUT2D eigenvalue weighted by Crippen LogP contribution is 2.27. The van der Waals surface area contributed by atoms with Crippen molar-refractivity contribution in [3.63, 3.8) is 0 Å². The van der Waals surface area contributed by atoms with E-state index in [1.165, 1.54) is 4.90 Å². The number of halogens is 3. The van der Waals surface area contributed by atoms with Gasteiger partial charge in [-0.2, -0.15) is 13.2 Å². The van der Waals surface area contributed by atoms with Gasteiger partial charge in [-0.15, -0.1) is 0 Å². The molecular formula is C16H22F3N3O2. The maximum absolute atomic E-state index is 12.8. The molecule has 1 aromatic heterocycles. The first-order chi connectivity index (χ1) is 11.4. The monoisotopic (exact) mass is 345 g/mol. The topological polar surface area (TPSA) is 47.4 Å². The van der Waals surface area contributed by atoms with E-state index in [1.807, 2.05) is 4.57 Å². The summed E-state index contributed by atoms with van der Waals surface area (Å²) in [7, 11) is 0. The van der Waals surface area contributed by atoms with Gasteiger partial charge in [-0.25, -0.2) is 4.98 Å². The normalized spacial score (nSPS) is 19.1. The van der Waals surface area contributed by atoms with E-state index in [9.17, 15) is 18.0 Å². The van der Waals surface area contributed by atoms with Gasteiger partial charge in [0.05, 0.1) is 13.0 Å². The average Bonchev–Trinajstić information content (AvgIpc) is 2.99. The van der Waals surface area contributed by atoms with Crippen LogP contribution in [-0.4, -0.2) is 45.7 Å². The first-order valence-electron chi connectivity index (χ1n) is 8.45. The molecule has 1 saturated carbocycles. The Morgan fingerprint density at radius 1 is 1.33 bits per heavy atom. The van der Waals surface area contributed by atoms with Crippen molar-refractivity contribution in [2.45, 2.75) is 63.9 Å². The van der Waals surface area contributed by atoms with Gasteiger partial charge < -0.3 is 14.2 Å². The molecule has 3 rings (SSSR count). The zero-order chi connectivity index (χ0) is 17.2. The van der Waals surface area contributed by atoms with E-state index >= 15 is 0 Å². The Labute approximate surface area is 138 Å². The Hall–Kier alpha value is -1.57. The number of nitrogens with zero attached hydrogens (tertiary/aromatic N) is 3. The summed E-state index contributed by atoms with van der Waals surface area (Å²) in [6, 6.07) is -0.122. The standard InChI is InChI=1S/C16H22F3N3O2/c17-16(18,19)6-7-22(12-4-2-1-3-5-12)15(23)13-10-21-8-9-24-11-14(21)20-13/h10,12H,1-9,11H2. The summed E-state index contributed by atoms with van der Waals surface area (Å²) in [6.45, 7) is 1.20. The second kappa shape index (κ2) is 7.13. The quantitative estimate of drug-likeness (QED) is 0.842. The van der Waals surface area contributed by atoms with Crippen molar-refractivity contribution in [1.29, 1.82) is 0 Å². The van der Waals surface area contributed by atoms with E-state index in [0.29, 0.717) is 25.6 Å². The molecule has 1 fully saturated rings. The number of ether oxygens (including phenoxy) is 1. The Balaban J connectivity index is 1.77. The molecule has 0 unspecified atom stereocenters. The van der Waals surface area contributed by atoms with Crippen LogP contribution in [0.15, 0.2) is 6.20 Å². The summed E-state index contributed by atoms with van der Waals surface area (Å²) < 4.78 is 45.1. The number of hydrogen-bond donors (Lipinski definition) is 0. The number of carbonyl (C=O) groups excluding carboxylic acids is 1. The second-order valence-corrected chi connectivity index (χ2v) is 6.44. The summed E-state index contributed by atoms with van der Waals surface area (Å²) >= 11 is 0. The lowest BCUT2D eigenvalue weighted by atomic mass is 9.94. The van der Waals surface area contributed by atoms with Crippen molar-refractivity contribution < 1.29 is 22.7 Å². The first kappa shape index (κ1) is 17.3. The largest absolute Gasteiger partial charge is 0.390 e. The van der Waals surface area contributed by atoms with E-state index in [4.69, 9.17) is 4.74 Å². The minimum Gasteiger partial charge on any atom is -0.372 e. The minimum absolute atomic E-state index is 0.122. The van der Waals surface area contributed by atoms with Crippen LogP contribution >= 0.6 is 0 Å².